The summed E-state index contributed by atoms with van der Waals surface area (Å²) in [6.45, 7) is 4.10. The van der Waals surface area contributed by atoms with E-state index in [0.717, 1.165) is 28.5 Å². The first kappa shape index (κ1) is 14.3. The van der Waals surface area contributed by atoms with Crippen LogP contribution in [-0.4, -0.2) is 9.97 Å². The molecular formula is C17H14Cl2N2. The first-order valence-electron chi connectivity index (χ1n) is 6.82. The highest BCUT2D eigenvalue weighted by Crippen LogP contribution is 2.29. The third-order valence-electron chi connectivity index (χ3n) is 3.57. The molecule has 4 heteroatoms. The van der Waals surface area contributed by atoms with Crippen molar-refractivity contribution in [2.45, 2.75) is 20.3 Å². The van der Waals surface area contributed by atoms with Crippen molar-refractivity contribution in [2.24, 2.45) is 0 Å². The number of nitrogens with zero attached hydrogens (tertiary/aromatic N) is 2. The van der Waals surface area contributed by atoms with E-state index in [1.165, 1.54) is 5.56 Å². The topological polar surface area (TPSA) is 25.8 Å². The van der Waals surface area contributed by atoms with Gasteiger partial charge in [0.15, 0.2) is 5.82 Å². The zero-order chi connectivity index (χ0) is 15.0. The van der Waals surface area contributed by atoms with Crippen LogP contribution in [0.4, 0.5) is 0 Å². The maximum Gasteiger partial charge on any atom is 0.161 e. The fourth-order valence-corrected chi connectivity index (χ4v) is 2.92. The molecule has 0 amide bonds. The molecule has 0 N–H and O–H groups in total. The standard InChI is InChI=1S/C17H14Cl2N2/c1-3-11-5-4-6-14-15(11)20-17(21-16(14)19)13-8-7-12(18)9-10(13)2/h4-9H,3H2,1-2H3. The molecule has 0 saturated heterocycles. The van der Waals surface area contributed by atoms with Gasteiger partial charge >= 0.3 is 0 Å². The highest BCUT2D eigenvalue weighted by Gasteiger charge is 2.12. The number of para-hydroxylation sites is 1. The molecule has 0 unspecified atom stereocenters. The van der Waals surface area contributed by atoms with Gasteiger partial charge in [0, 0.05) is 16.0 Å². The zero-order valence-corrected chi connectivity index (χ0v) is 13.3. The summed E-state index contributed by atoms with van der Waals surface area (Å²) in [4.78, 5) is 9.18. The summed E-state index contributed by atoms with van der Waals surface area (Å²) in [6.07, 6.45) is 0.906. The van der Waals surface area contributed by atoms with Gasteiger partial charge in [0.2, 0.25) is 0 Å². The van der Waals surface area contributed by atoms with Crippen LogP contribution in [0.5, 0.6) is 0 Å². The van der Waals surface area contributed by atoms with Crippen LogP contribution in [0.1, 0.15) is 18.1 Å². The van der Waals surface area contributed by atoms with Crippen LogP contribution in [0.2, 0.25) is 10.2 Å². The van der Waals surface area contributed by atoms with Crippen LogP contribution < -0.4 is 0 Å². The lowest BCUT2D eigenvalue weighted by molar-refractivity contribution is 1.13. The molecule has 0 bridgehead atoms. The second-order valence-corrected chi connectivity index (χ2v) is 5.76. The minimum absolute atomic E-state index is 0.486. The summed E-state index contributed by atoms with van der Waals surface area (Å²) in [6, 6.07) is 11.7. The number of hydrogen-bond donors (Lipinski definition) is 0. The van der Waals surface area contributed by atoms with E-state index >= 15 is 0 Å². The number of rotatable bonds is 2. The van der Waals surface area contributed by atoms with E-state index < -0.39 is 0 Å². The van der Waals surface area contributed by atoms with Gasteiger partial charge in [0.05, 0.1) is 5.52 Å². The number of aromatic nitrogens is 2. The van der Waals surface area contributed by atoms with E-state index in [4.69, 9.17) is 28.2 Å². The quantitative estimate of drug-likeness (QED) is 0.585. The molecule has 0 atom stereocenters. The SMILES string of the molecule is CCc1cccc2c(Cl)nc(-c3ccc(Cl)cc3C)nc12. The number of benzene rings is 2. The Morgan fingerprint density at radius 2 is 1.86 bits per heavy atom. The van der Waals surface area contributed by atoms with Crippen LogP contribution >= 0.6 is 23.2 Å². The van der Waals surface area contributed by atoms with Crippen molar-refractivity contribution in [1.82, 2.24) is 9.97 Å². The second kappa shape index (κ2) is 5.63. The lowest BCUT2D eigenvalue weighted by Crippen LogP contribution is -1.96. The van der Waals surface area contributed by atoms with Crippen LogP contribution in [0.3, 0.4) is 0 Å². The van der Waals surface area contributed by atoms with Crippen LogP contribution in [-0.2, 0) is 6.42 Å². The third kappa shape index (κ3) is 2.61. The summed E-state index contributed by atoms with van der Waals surface area (Å²) in [5.74, 6) is 0.641. The maximum absolute atomic E-state index is 6.35. The Balaban J connectivity index is 2.29. The molecule has 0 radical (unpaired) electrons. The van der Waals surface area contributed by atoms with E-state index in [1.807, 2.05) is 37.3 Å². The van der Waals surface area contributed by atoms with Gasteiger partial charge in [-0.05, 0) is 48.7 Å². The molecule has 3 rings (SSSR count). The van der Waals surface area contributed by atoms with Crippen molar-refractivity contribution in [2.75, 3.05) is 0 Å². The summed E-state index contributed by atoms with van der Waals surface area (Å²) < 4.78 is 0. The van der Waals surface area contributed by atoms with Crippen molar-refractivity contribution in [3.8, 4) is 11.4 Å². The van der Waals surface area contributed by atoms with Gasteiger partial charge in [-0.3, -0.25) is 0 Å². The third-order valence-corrected chi connectivity index (χ3v) is 4.10. The average Bonchev–Trinajstić information content (AvgIpc) is 2.46. The van der Waals surface area contributed by atoms with Crippen LogP contribution in [0, 0.1) is 6.92 Å². The van der Waals surface area contributed by atoms with E-state index in [9.17, 15) is 0 Å². The zero-order valence-electron chi connectivity index (χ0n) is 11.8. The molecule has 21 heavy (non-hydrogen) atoms. The summed E-state index contributed by atoms with van der Waals surface area (Å²) >= 11 is 12.4. The highest BCUT2D eigenvalue weighted by atomic mass is 35.5. The van der Waals surface area contributed by atoms with Crippen molar-refractivity contribution >= 4 is 34.1 Å². The Bertz CT molecular complexity index is 828. The Hall–Kier alpha value is -1.64. The molecule has 1 heterocycles. The number of aryl methyl sites for hydroxylation is 2. The molecule has 2 aromatic carbocycles. The number of fused-ring (bicyclic) bond motifs is 1. The minimum Gasteiger partial charge on any atom is -0.228 e. The Kier molecular flexibility index (Phi) is 3.83. The Labute approximate surface area is 133 Å². The monoisotopic (exact) mass is 316 g/mol. The first-order valence-corrected chi connectivity index (χ1v) is 7.57. The minimum atomic E-state index is 0.486. The Morgan fingerprint density at radius 1 is 1.05 bits per heavy atom. The molecule has 0 aliphatic heterocycles. The lowest BCUT2D eigenvalue weighted by Gasteiger charge is -2.09. The summed E-state index contributed by atoms with van der Waals surface area (Å²) in [5, 5.41) is 2.09. The van der Waals surface area contributed by atoms with Gasteiger partial charge in [0.25, 0.3) is 0 Å². The molecule has 0 fully saturated rings. The molecule has 2 nitrogen and oxygen atoms in total. The molecule has 3 aromatic rings. The van der Waals surface area contributed by atoms with Gasteiger partial charge in [0.1, 0.15) is 5.15 Å². The van der Waals surface area contributed by atoms with Crippen molar-refractivity contribution in [3.63, 3.8) is 0 Å². The van der Waals surface area contributed by atoms with E-state index in [1.54, 1.807) is 0 Å². The fourth-order valence-electron chi connectivity index (χ4n) is 2.46. The lowest BCUT2D eigenvalue weighted by atomic mass is 10.1. The normalized spacial score (nSPS) is 11.0. The molecule has 0 saturated carbocycles. The molecule has 0 aliphatic rings. The molecule has 0 spiro atoms. The van der Waals surface area contributed by atoms with E-state index in [0.29, 0.717) is 16.0 Å². The largest absolute Gasteiger partial charge is 0.228 e. The fraction of sp³-hybridized carbons (Fsp3) is 0.176. The van der Waals surface area contributed by atoms with Gasteiger partial charge in [-0.25, -0.2) is 9.97 Å². The molecule has 106 valence electrons. The molecule has 0 aliphatic carbocycles. The predicted molar refractivity (Wildman–Crippen MR) is 89.1 cm³/mol. The molecular weight excluding hydrogens is 303 g/mol. The highest BCUT2D eigenvalue weighted by molar-refractivity contribution is 6.34. The predicted octanol–water partition coefficient (Wildman–Crippen LogP) is 5.47. The van der Waals surface area contributed by atoms with E-state index in [-0.39, 0.29) is 0 Å². The van der Waals surface area contributed by atoms with E-state index in [2.05, 4.69) is 18.0 Å². The maximum atomic E-state index is 6.35. The Morgan fingerprint density at radius 3 is 2.57 bits per heavy atom. The summed E-state index contributed by atoms with van der Waals surface area (Å²) in [5.41, 5.74) is 4.08. The number of hydrogen-bond acceptors (Lipinski definition) is 2. The van der Waals surface area contributed by atoms with Gasteiger partial charge in [-0.15, -0.1) is 0 Å². The summed E-state index contributed by atoms with van der Waals surface area (Å²) in [7, 11) is 0. The average molecular weight is 317 g/mol. The second-order valence-electron chi connectivity index (χ2n) is 4.96. The van der Waals surface area contributed by atoms with Crippen LogP contribution in [0.25, 0.3) is 22.3 Å². The van der Waals surface area contributed by atoms with Gasteiger partial charge < -0.3 is 0 Å². The smallest absolute Gasteiger partial charge is 0.161 e. The van der Waals surface area contributed by atoms with Crippen molar-refractivity contribution < 1.29 is 0 Å². The van der Waals surface area contributed by atoms with Crippen LogP contribution in [0.15, 0.2) is 36.4 Å². The molecule has 1 aromatic heterocycles. The van der Waals surface area contributed by atoms with Crippen molar-refractivity contribution in [1.29, 1.82) is 0 Å². The first-order chi connectivity index (χ1) is 10.1. The van der Waals surface area contributed by atoms with Gasteiger partial charge in [-0.1, -0.05) is 42.3 Å². The van der Waals surface area contributed by atoms with Gasteiger partial charge in [-0.2, -0.15) is 0 Å². The van der Waals surface area contributed by atoms with Crippen molar-refractivity contribution in [3.05, 3.63) is 57.7 Å². The number of halogens is 2.